The van der Waals surface area contributed by atoms with Crippen molar-refractivity contribution in [1.82, 2.24) is 4.90 Å². The molecule has 2 aliphatic heterocycles. The van der Waals surface area contributed by atoms with Crippen molar-refractivity contribution in [2.24, 2.45) is 23.5 Å². The minimum absolute atomic E-state index is 0.0977. The van der Waals surface area contributed by atoms with Crippen LogP contribution in [0.1, 0.15) is 57.8 Å². The lowest BCUT2D eigenvalue weighted by molar-refractivity contribution is -0.144. The van der Waals surface area contributed by atoms with Crippen LogP contribution < -0.4 is 5.73 Å². The quantitative estimate of drug-likeness (QED) is 0.867. The van der Waals surface area contributed by atoms with Crippen LogP contribution in [0, 0.1) is 17.8 Å². The summed E-state index contributed by atoms with van der Waals surface area (Å²) in [6, 6.07) is 0.484. The molecular formula is C18H30N2O2. The van der Waals surface area contributed by atoms with Gasteiger partial charge in [0.2, 0.25) is 0 Å². The predicted molar refractivity (Wildman–Crippen MR) is 85.2 cm³/mol. The molecule has 4 fully saturated rings. The second kappa shape index (κ2) is 6.12. The van der Waals surface area contributed by atoms with E-state index in [1.54, 1.807) is 0 Å². The van der Waals surface area contributed by atoms with Crippen molar-refractivity contribution < 1.29 is 9.53 Å². The molecule has 4 nitrogen and oxygen atoms in total. The molecule has 2 bridgehead atoms. The summed E-state index contributed by atoms with van der Waals surface area (Å²) in [5, 5.41) is 0. The normalized spacial score (nSPS) is 44.1. The van der Waals surface area contributed by atoms with Gasteiger partial charge in [-0.1, -0.05) is 6.42 Å². The van der Waals surface area contributed by atoms with Gasteiger partial charge in [0.15, 0.2) is 0 Å². The smallest absolute Gasteiger partial charge is 0.251 e. The van der Waals surface area contributed by atoms with Gasteiger partial charge in [-0.2, -0.15) is 0 Å². The van der Waals surface area contributed by atoms with Crippen molar-refractivity contribution in [1.29, 1.82) is 0 Å². The molecule has 4 unspecified atom stereocenters. The SMILES string of the molecule is NC[C@H]1CC[C@@H](C(=O)N2CCCC2CC2CC3CCC2C3)O1. The Hall–Kier alpha value is -0.610. The Labute approximate surface area is 133 Å². The molecule has 2 aliphatic carbocycles. The van der Waals surface area contributed by atoms with Gasteiger partial charge in [0, 0.05) is 19.1 Å². The first-order chi connectivity index (χ1) is 10.7. The Bertz CT molecular complexity index is 427. The van der Waals surface area contributed by atoms with Gasteiger partial charge in [0.1, 0.15) is 6.10 Å². The van der Waals surface area contributed by atoms with Crippen LogP contribution in [0.25, 0.3) is 0 Å². The molecule has 0 spiro atoms. The Kier molecular flexibility index (Phi) is 4.16. The summed E-state index contributed by atoms with van der Waals surface area (Å²) < 4.78 is 5.84. The lowest BCUT2D eigenvalue weighted by Gasteiger charge is -2.31. The largest absolute Gasteiger partial charge is 0.364 e. The third kappa shape index (κ3) is 2.69. The summed E-state index contributed by atoms with van der Waals surface area (Å²) in [6.07, 6.45) is 11.1. The summed E-state index contributed by atoms with van der Waals surface area (Å²) in [5.41, 5.74) is 5.67. The van der Waals surface area contributed by atoms with Gasteiger partial charge in [-0.15, -0.1) is 0 Å². The van der Waals surface area contributed by atoms with Crippen LogP contribution in [0.15, 0.2) is 0 Å². The standard InChI is InChI=1S/C18H30N2O2/c19-11-16-5-6-17(22-16)18(21)20-7-1-2-15(20)10-14-9-12-3-4-13(14)8-12/h12-17H,1-11,19H2/t12?,13?,14?,15?,16-,17+/m1/s1. The highest BCUT2D eigenvalue weighted by atomic mass is 16.5. The molecule has 6 atom stereocenters. The summed E-state index contributed by atoms with van der Waals surface area (Å²) in [5.74, 6) is 3.11. The molecule has 0 aromatic heterocycles. The van der Waals surface area contributed by atoms with Crippen molar-refractivity contribution in [3.63, 3.8) is 0 Å². The van der Waals surface area contributed by atoms with Gasteiger partial charge in [-0.05, 0) is 69.1 Å². The van der Waals surface area contributed by atoms with Gasteiger partial charge >= 0.3 is 0 Å². The van der Waals surface area contributed by atoms with Crippen molar-refractivity contribution in [3.05, 3.63) is 0 Å². The molecule has 4 heteroatoms. The van der Waals surface area contributed by atoms with E-state index in [0.29, 0.717) is 12.6 Å². The maximum Gasteiger partial charge on any atom is 0.251 e. The number of nitrogens with two attached hydrogens (primary N) is 1. The molecule has 22 heavy (non-hydrogen) atoms. The summed E-state index contributed by atoms with van der Waals surface area (Å²) in [4.78, 5) is 15.0. The van der Waals surface area contributed by atoms with Crippen LogP contribution in [-0.4, -0.2) is 42.1 Å². The zero-order valence-electron chi connectivity index (χ0n) is 13.6. The zero-order chi connectivity index (χ0) is 15.1. The number of carbonyl (C=O) groups is 1. The number of amides is 1. The van der Waals surface area contributed by atoms with E-state index in [1.807, 2.05) is 0 Å². The van der Waals surface area contributed by atoms with Crippen LogP contribution in [0.4, 0.5) is 0 Å². The average Bonchev–Trinajstić information content (AvgIpc) is 3.30. The first-order valence-corrected chi connectivity index (χ1v) is 9.40. The predicted octanol–water partition coefficient (Wildman–Crippen LogP) is 2.31. The number of fused-ring (bicyclic) bond motifs is 2. The fourth-order valence-electron chi connectivity index (χ4n) is 5.63. The van der Waals surface area contributed by atoms with E-state index in [0.717, 1.165) is 37.1 Å². The lowest BCUT2D eigenvalue weighted by atomic mass is 9.83. The molecule has 0 aromatic rings. The van der Waals surface area contributed by atoms with E-state index in [9.17, 15) is 4.79 Å². The van der Waals surface area contributed by atoms with Crippen LogP contribution in [0.2, 0.25) is 0 Å². The molecule has 2 saturated heterocycles. The summed E-state index contributed by atoms with van der Waals surface area (Å²) in [6.45, 7) is 1.48. The minimum Gasteiger partial charge on any atom is -0.364 e. The molecule has 0 radical (unpaired) electrons. The molecule has 124 valence electrons. The Balaban J connectivity index is 1.35. The number of ether oxygens (including phenoxy) is 1. The third-order valence-electron chi connectivity index (χ3n) is 6.77. The van der Waals surface area contributed by atoms with E-state index < -0.39 is 0 Å². The monoisotopic (exact) mass is 306 g/mol. The highest BCUT2D eigenvalue weighted by Crippen LogP contribution is 2.50. The Morgan fingerprint density at radius 1 is 1.14 bits per heavy atom. The number of hydrogen-bond acceptors (Lipinski definition) is 3. The van der Waals surface area contributed by atoms with Crippen molar-refractivity contribution >= 4 is 5.91 Å². The number of rotatable bonds is 4. The topological polar surface area (TPSA) is 55.6 Å². The highest BCUT2D eigenvalue weighted by molar-refractivity contribution is 5.81. The molecule has 2 heterocycles. The van der Waals surface area contributed by atoms with E-state index in [2.05, 4.69) is 4.90 Å². The second-order valence-electron chi connectivity index (χ2n) is 8.06. The number of hydrogen-bond donors (Lipinski definition) is 1. The first-order valence-electron chi connectivity index (χ1n) is 9.40. The fourth-order valence-corrected chi connectivity index (χ4v) is 5.63. The number of likely N-dealkylation sites (tertiary alicyclic amines) is 1. The maximum absolute atomic E-state index is 12.8. The Morgan fingerprint density at radius 3 is 2.73 bits per heavy atom. The van der Waals surface area contributed by atoms with Crippen LogP contribution >= 0.6 is 0 Å². The van der Waals surface area contributed by atoms with Gasteiger partial charge in [0.25, 0.3) is 5.91 Å². The molecule has 2 saturated carbocycles. The maximum atomic E-state index is 12.8. The zero-order valence-corrected chi connectivity index (χ0v) is 13.6. The van der Waals surface area contributed by atoms with Crippen molar-refractivity contribution in [2.45, 2.75) is 76.0 Å². The van der Waals surface area contributed by atoms with Gasteiger partial charge in [0.05, 0.1) is 6.10 Å². The second-order valence-corrected chi connectivity index (χ2v) is 8.06. The number of carbonyl (C=O) groups excluding carboxylic acids is 1. The third-order valence-corrected chi connectivity index (χ3v) is 6.77. The molecule has 4 rings (SSSR count). The fraction of sp³-hybridized carbons (Fsp3) is 0.944. The highest BCUT2D eigenvalue weighted by Gasteiger charge is 2.43. The number of nitrogens with zero attached hydrogens (tertiary/aromatic N) is 1. The van der Waals surface area contributed by atoms with E-state index in [1.165, 1.54) is 44.9 Å². The van der Waals surface area contributed by atoms with E-state index >= 15 is 0 Å². The van der Waals surface area contributed by atoms with Crippen LogP contribution in [-0.2, 0) is 9.53 Å². The average molecular weight is 306 g/mol. The summed E-state index contributed by atoms with van der Waals surface area (Å²) in [7, 11) is 0. The Morgan fingerprint density at radius 2 is 2.05 bits per heavy atom. The van der Waals surface area contributed by atoms with Crippen molar-refractivity contribution in [2.75, 3.05) is 13.1 Å². The molecule has 0 aromatic carbocycles. The van der Waals surface area contributed by atoms with E-state index in [-0.39, 0.29) is 18.1 Å². The first kappa shape index (κ1) is 14.9. The minimum atomic E-state index is -0.214. The molecule has 2 N–H and O–H groups in total. The van der Waals surface area contributed by atoms with Crippen LogP contribution in [0.5, 0.6) is 0 Å². The van der Waals surface area contributed by atoms with Gasteiger partial charge < -0.3 is 15.4 Å². The van der Waals surface area contributed by atoms with E-state index in [4.69, 9.17) is 10.5 Å². The molecule has 4 aliphatic rings. The molecular weight excluding hydrogens is 276 g/mol. The van der Waals surface area contributed by atoms with Gasteiger partial charge in [-0.25, -0.2) is 0 Å². The summed E-state index contributed by atoms with van der Waals surface area (Å²) >= 11 is 0. The lowest BCUT2D eigenvalue weighted by Crippen LogP contribution is -2.43. The van der Waals surface area contributed by atoms with Crippen molar-refractivity contribution in [3.8, 4) is 0 Å². The molecule has 1 amide bonds. The van der Waals surface area contributed by atoms with Gasteiger partial charge in [-0.3, -0.25) is 4.79 Å². The van der Waals surface area contributed by atoms with Crippen LogP contribution in [0.3, 0.4) is 0 Å².